The molecule has 0 spiro atoms. The van der Waals surface area contributed by atoms with Crippen LogP contribution in [0.4, 0.5) is 4.79 Å². The highest BCUT2D eigenvalue weighted by Crippen LogP contribution is 2.22. The molecular weight excluding hydrogens is 598 g/mol. The van der Waals surface area contributed by atoms with Crippen LogP contribution in [0.1, 0.15) is 116 Å². The Morgan fingerprint density at radius 2 is 1.62 bits per heavy atom. The van der Waals surface area contributed by atoms with Crippen LogP contribution in [0.25, 0.3) is 0 Å². The number of ketones is 1. The molecule has 1 saturated heterocycles. The van der Waals surface area contributed by atoms with E-state index in [-0.39, 0.29) is 36.2 Å². The third-order valence-electron chi connectivity index (χ3n) is 7.86. The van der Waals surface area contributed by atoms with Crippen molar-refractivity contribution in [2.24, 2.45) is 11.8 Å². The van der Waals surface area contributed by atoms with E-state index in [1.54, 1.807) is 43.9 Å². The summed E-state index contributed by atoms with van der Waals surface area (Å²) in [4.78, 5) is 66.2. The van der Waals surface area contributed by atoms with E-state index in [2.05, 4.69) is 25.7 Å². The number of aldehydes is 1. The summed E-state index contributed by atoms with van der Waals surface area (Å²) in [5.41, 5.74) is 0.455. The van der Waals surface area contributed by atoms with Gasteiger partial charge in [-0.1, -0.05) is 53.5 Å². The van der Waals surface area contributed by atoms with Crippen LogP contribution < -0.4 is 4.74 Å². The monoisotopic (exact) mass is 659 g/mol. The summed E-state index contributed by atoms with van der Waals surface area (Å²) < 4.78 is 11.4. The van der Waals surface area contributed by atoms with E-state index in [0.717, 1.165) is 49.7 Å². The van der Waals surface area contributed by atoms with Gasteiger partial charge in [0.2, 0.25) is 6.41 Å². The Labute approximate surface area is 283 Å². The standard InChI is InChI=1S/C31H47N3O7.C6H14/c1-23(2)28(37)27(11-10-19-35)34(22-36)29(38)26-21-25(13-12-24(26)3)40-20-9-7-8-14-32-15-17-33(18-16-32)30(39)41-31(4,5)6;1-4-5-6(2)3/h12-13,19,21-23,27H,7-11,14-18,20H2,1-6H3;6H,4-5H2,1-3H3. The van der Waals surface area contributed by atoms with E-state index in [0.29, 0.717) is 43.7 Å². The Bertz CT molecular complexity index is 1120. The van der Waals surface area contributed by atoms with Crippen LogP contribution in [0.15, 0.2) is 18.2 Å². The van der Waals surface area contributed by atoms with Gasteiger partial charge in [-0.15, -0.1) is 0 Å². The van der Waals surface area contributed by atoms with E-state index >= 15 is 0 Å². The molecule has 2 rings (SSSR count). The van der Waals surface area contributed by atoms with Crippen molar-refractivity contribution in [2.75, 3.05) is 39.3 Å². The van der Waals surface area contributed by atoms with Gasteiger partial charge in [0.05, 0.1) is 12.6 Å². The molecule has 0 aromatic heterocycles. The largest absolute Gasteiger partial charge is 0.494 e. The summed E-state index contributed by atoms with van der Waals surface area (Å²) >= 11 is 0. The zero-order chi connectivity index (χ0) is 35.6. The lowest BCUT2D eigenvalue weighted by molar-refractivity contribution is -0.131. The van der Waals surface area contributed by atoms with Gasteiger partial charge in [-0.25, -0.2) is 4.79 Å². The molecular formula is C37H61N3O7. The van der Waals surface area contributed by atoms with Gasteiger partial charge in [0.15, 0.2) is 5.78 Å². The van der Waals surface area contributed by atoms with Crippen LogP contribution in [-0.2, 0) is 19.1 Å². The Morgan fingerprint density at radius 1 is 0.957 bits per heavy atom. The molecule has 1 unspecified atom stereocenters. The zero-order valence-corrected chi connectivity index (χ0v) is 30.5. The molecule has 10 nitrogen and oxygen atoms in total. The molecule has 0 aliphatic carbocycles. The molecule has 1 atom stereocenters. The van der Waals surface area contributed by atoms with Gasteiger partial charge in [-0.05, 0) is 83.5 Å². The number of carbonyl (C=O) groups is 5. The van der Waals surface area contributed by atoms with Crippen LogP contribution >= 0.6 is 0 Å². The third-order valence-corrected chi connectivity index (χ3v) is 7.86. The summed E-state index contributed by atoms with van der Waals surface area (Å²) in [5, 5.41) is 0. The number of rotatable bonds is 17. The van der Waals surface area contributed by atoms with E-state index < -0.39 is 17.6 Å². The molecule has 10 heteroatoms. The fourth-order valence-electron chi connectivity index (χ4n) is 5.21. The fourth-order valence-corrected chi connectivity index (χ4v) is 5.21. The van der Waals surface area contributed by atoms with Crippen molar-refractivity contribution in [1.29, 1.82) is 0 Å². The highest BCUT2D eigenvalue weighted by molar-refractivity contribution is 6.04. The molecule has 1 fully saturated rings. The molecule has 47 heavy (non-hydrogen) atoms. The van der Waals surface area contributed by atoms with Gasteiger partial charge in [-0.3, -0.25) is 24.2 Å². The topological polar surface area (TPSA) is 114 Å². The number of carbonyl (C=O) groups excluding carboxylic acids is 5. The van der Waals surface area contributed by atoms with Crippen molar-refractivity contribution in [3.63, 3.8) is 0 Å². The first-order valence-corrected chi connectivity index (χ1v) is 17.3. The number of hydrogen-bond donors (Lipinski definition) is 0. The minimum absolute atomic E-state index is 0.0746. The van der Waals surface area contributed by atoms with Crippen molar-refractivity contribution >= 4 is 30.5 Å². The summed E-state index contributed by atoms with van der Waals surface area (Å²) in [6.07, 6.45) is 6.50. The van der Waals surface area contributed by atoms with Gasteiger partial charge in [0.25, 0.3) is 5.91 Å². The first-order valence-electron chi connectivity index (χ1n) is 17.3. The Kier molecular flexibility index (Phi) is 19.2. The Morgan fingerprint density at radius 3 is 2.13 bits per heavy atom. The number of hydrogen-bond acceptors (Lipinski definition) is 8. The molecule has 1 heterocycles. The SMILES string of the molecule is CCCC(C)C.Cc1ccc(OCCCCCN2CCN(C(=O)OC(C)(C)C)CC2)cc1C(=O)N(C=O)C(CCC=O)C(=O)C(C)C. The van der Waals surface area contributed by atoms with Gasteiger partial charge in [0, 0.05) is 44.1 Å². The van der Waals surface area contributed by atoms with Crippen molar-refractivity contribution in [3.8, 4) is 5.75 Å². The Balaban J connectivity index is 0.00000167. The summed E-state index contributed by atoms with van der Waals surface area (Å²) in [7, 11) is 0. The van der Waals surface area contributed by atoms with Crippen LogP contribution in [-0.4, -0.2) is 96.2 Å². The fraction of sp³-hybridized carbons (Fsp3) is 0.703. The van der Waals surface area contributed by atoms with E-state index in [1.807, 2.05) is 20.8 Å². The maximum Gasteiger partial charge on any atom is 0.410 e. The number of nitrogens with zero attached hydrogens (tertiary/aromatic N) is 3. The smallest absolute Gasteiger partial charge is 0.410 e. The number of aryl methyl sites for hydroxylation is 1. The van der Waals surface area contributed by atoms with Crippen molar-refractivity contribution in [1.82, 2.24) is 14.7 Å². The first kappa shape index (κ1) is 41.8. The zero-order valence-electron chi connectivity index (χ0n) is 30.5. The minimum Gasteiger partial charge on any atom is -0.494 e. The van der Waals surface area contributed by atoms with Crippen LogP contribution in [0.2, 0.25) is 0 Å². The number of ether oxygens (including phenoxy) is 2. The molecule has 1 aliphatic heterocycles. The van der Waals surface area contributed by atoms with E-state index in [9.17, 15) is 24.0 Å². The highest BCUT2D eigenvalue weighted by atomic mass is 16.6. The lowest BCUT2D eigenvalue weighted by Crippen LogP contribution is -2.50. The normalized spacial score (nSPS) is 14.2. The van der Waals surface area contributed by atoms with Crippen molar-refractivity contribution in [3.05, 3.63) is 29.3 Å². The predicted octanol–water partition coefficient (Wildman–Crippen LogP) is 6.71. The Hall–Kier alpha value is -3.27. The number of unbranched alkanes of at least 4 members (excludes halogenated alkanes) is 2. The summed E-state index contributed by atoms with van der Waals surface area (Å²) in [6.45, 7) is 21.9. The molecule has 1 aromatic carbocycles. The summed E-state index contributed by atoms with van der Waals surface area (Å²) in [5.74, 6) is 0.180. The van der Waals surface area contributed by atoms with E-state index in [1.165, 1.54) is 12.8 Å². The van der Waals surface area contributed by atoms with Crippen molar-refractivity contribution in [2.45, 2.75) is 119 Å². The van der Waals surface area contributed by atoms with Crippen LogP contribution in [0.3, 0.4) is 0 Å². The lowest BCUT2D eigenvalue weighted by atomic mass is 9.96. The number of piperazine rings is 1. The molecule has 0 saturated carbocycles. The predicted molar refractivity (Wildman–Crippen MR) is 186 cm³/mol. The average molecular weight is 660 g/mol. The number of Topliss-reactive ketones (excluding diaryl/α,β-unsaturated/α-hetero) is 1. The molecule has 266 valence electrons. The first-order chi connectivity index (χ1) is 22.1. The van der Waals surface area contributed by atoms with Crippen molar-refractivity contribution < 1.29 is 33.4 Å². The maximum atomic E-state index is 13.3. The van der Waals surface area contributed by atoms with Crippen LogP contribution in [0, 0.1) is 18.8 Å². The average Bonchev–Trinajstić information content (AvgIpc) is 3.00. The lowest BCUT2D eigenvalue weighted by Gasteiger charge is -2.35. The number of imide groups is 1. The molecule has 0 radical (unpaired) electrons. The minimum atomic E-state index is -0.991. The molecule has 0 bridgehead atoms. The summed E-state index contributed by atoms with van der Waals surface area (Å²) in [6, 6.07) is 4.15. The second kappa shape index (κ2) is 21.6. The van der Waals surface area contributed by atoms with Gasteiger partial charge >= 0.3 is 6.09 Å². The van der Waals surface area contributed by atoms with E-state index in [4.69, 9.17) is 9.47 Å². The second-order valence-corrected chi connectivity index (χ2v) is 14.0. The van der Waals surface area contributed by atoms with Gasteiger partial charge in [-0.2, -0.15) is 0 Å². The molecule has 3 amide bonds. The molecule has 0 N–H and O–H groups in total. The quantitative estimate of drug-likeness (QED) is 0.134. The van der Waals surface area contributed by atoms with Gasteiger partial charge in [0.1, 0.15) is 17.6 Å². The molecule has 1 aromatic rings. The number of amides is 3. The van der Waals surface area contributed by atoms with Crippen LogP contribution in [0.5, 0.6) is 5.75 Å². The maximum absolute atomic E-state index is 13.3. The molecule has 1 aliphatic rings. The second-order valence-electron chi connectivity index (χ2n) is 14.0. The highest BCUT2D eigenvalue weighted by Gasteiger charge is 2.32. The van der Waals surface area contributed by atoms with Gasteiger partial charge < -0.3 is 19.2 Å². The third kappa shape index (κ3) is 15.9. The number of benzene rings is 1.